The number of sulfonamides is 1. The van der Waals surface area contributed by atoms with Crippen molar-refractivity contribution in [1.82, 2.24) is 24.2 Å². The second kappa shape index (κ2) is 6.59. The second-order valence-electron chi connectivity index (χ2n) is 6.06. The van der Waals surface area contributed by atoms with E-state index in [-0.39, 0.29) is 10.4 Å². The molecule has 0 amide bonds. The highest BCUT2D eigenvalue weighted by Gasteiger charge is 2.29. The van der Waals surface area contributed by atoms with Crippen LogP contribution in [0.25, 0.3) is 11.0 Å². The molecule has 4 rings (SSSR count). The lowest BCUT2D eigenvalue weighted by atomic mass is 10.3. The molecule has 3 aromatic rings. The van der Waals surface area contributed by atoms with E-state index in [0.717, 1.165) is 0 Å². The average Bonchev–Trinajstić information content (AvgIpc) is 2.69. The van der Waals surface area contributed by atoms with Gasteiger partial charge in [-0.1, -0.05) is 0 Å². The molecule has 0 spiro atoms. The van der Waals surface area contributed by atoms with Gasteiger partial charge in [0.1, 0.15) is 0 Å². The molecule has 27 heavy (non-hydrogen) atoms. The highest BCUT2D eigenvalue weighted by atomic mass is 32.2. The molecule has 2 N–H and O–H groups in total. The lowest BCUT2D eigenvalue weighted by Gasteiger charge is -2.33. The van der Waals surface area contributed by atoms with Gasteiger partial charge in [-0.25, -0.2) is 18.4 Å². The van der Waals surface area contributed by atoms with Crippen LogP contribution in [0.1, 0.15) is 0 Å². The van der Waals surface area contributed by atoms with Gasteiger partial charge >= 0.3 is 11.1 Å². The zero-order valence-corrected chi connectivity index (χ0v) is 14.9. The Morgan fingerprint density at radius 3 is 2.19 bits per heavy atom. The molecule has 2 aromatic heterocycles. The first-order chi connectivity index (χ1) is 12.9. The van der Waals surface area contributed by atoms with E-state index in [1.54, 1.807) is 18.5 Å². The molecule has 140 valence electrons. The molecule has 1 fully saturated rings. The van der Waals surface area contributed by atoms with Crippen LogP contribution in [0.3, 0.4) is 0 Å². The molecule has 1 aromatic carbocycles. The Bertz CT molecular complexity index is 1200. The van der Waals surface area contributed by atoms with E-state index in [0.29, 0.717) is 37.6 Å². The van der Waals surface area contributed by atoms with Gasteiger partial charge in [-0.3, -0.25) is 9.59 Å². The Morgan fingerprint density at radius 1 is 0.889 bits per heavy atom. The van der Waals surface area contributed by atoms with Gasteiger partial charge in [0.05, 0.1) is 15.9 Å². The van der Waals surface area contributed by atoms with E-state index < -0.39 is 21.1 Å². The van der Waals surface area contributed by atoms with Crippen LogP contribution in [0, 0.1) is 0 Å². The summed E-state index contributed by atoms with van der Waals surface area (Å²) >= 11 is 0. The van der Waals surface area contributed by atoms with E-state index in [9.17, 15) is 18.0 Å². The lowest BCUT2D eigenvalue weighted by molar-refractivity contribution is 0.382. The monoisotopic (exact) mass is 388 g/mol. The predicted molar refractivity (Wildman–Crippen MR) is 98.2 cm³/mol. The van der Waals surface area contributed by atoms with Crippen molar-refractivity contribution in [1.29, 1.82) is 0 Å². The number of aromatic amines is 2. The molecule has 1 saturated heterocycles. The third-order valence-corrected chi connectivity index (χ3v) is 6.30. The van der Waals surface area contributed by atoms with E-state index in [1.165, 1.54) is 22.5 Å². The highest BCUT2D eigenvalue weighted by molar-refractivity contribution is 7.89. The molecule has 3 heterocycles. The van der Waals surface area contributed by atoms with Crippen molar-refractivity contribution in [2.75, 3.05) is 31.1 Å². The second-order valence-corrected chi connectivity index (χ2v) is 7.99. The average molecular weight is 388 g/mol. The minimum absolute atomic E-state index is 0.0575. The molecule has 0 saturated carbocycles. The maximum atomic E-state index is 12.9. The standard InChI is InChI=1S/C16H16N6O4S/c23-14-15(24)20-13-10-11(2-3-12(13)19-14)27(25,26)22-8-6-21(7-9-22)16-17-4-1-5-18-16/h1-5,10H,6-9H2,(H,19,23)(H,20,24). The Hall–Kier alpha value is -3.05. The molecule has 1 aliphatic heterocycles. The van der Waals surface area contributed by atoms with E-state index in [2.05, 4.69) is 19.9 Å². The molecule has 0 aliphatic carbocycles. The van der Waals surface area contributed by atoms with Crippen molar-refractivity contribution in [3.8, 4) is 0 Å². The number of rotatable bonds is 3. The van der Waals surface area contributed by atoms with Crippen LogP contribution in [0.15, 0.2) is 51.1 Å². The summed E-state index contributed by atoms with van der Waals surface area (Å²) < 4.78 is 27.3. The van der Waals surface area contributed by atoms with Crippen molar-refractivity contribution in [2.45, 2.75) is 4.90 Å². The van der Waals surface area contributed by atoms with E-state index in [1.807, 2.05) is 4.90 Å². The molecular weight excluding hydrogens is 372 g/mol. The number of hydrogen-bond donors (Lipinski definition) is 2. The van der Waals surface area contributed by atoms with Crippen LogP contribution in [0.5, 0.6) is 0 Å². The van der Waals surface area contributed by atoms with Crippen LogP contribution >= 0.6 is 0 Å². The van der Waals surface area contributed by atoms with Gasteiger partial charge < -0.3 is 14.9 Å². The molecular formula is C16H16N6O4S. The first kappa shape index (κ1) is 17.4. The summed E-state index contributed by atoms with van der Waals surface area (Å²) in [5.41, 5.74) is -0.979. The fraction of sp³-hybridized carbons (Fsp3) is 0.250. The van der Waals surface area contributed by atoms with Crippen LogP contribution in [0.2, 0.25) is 0 Å². The van der Waals surface area contributed by atoms with Gasteiger partial charge in [0.25, 0.3) is 0 Å². The zero-order valence-electron chi connectivity index (χ0n) is 14.1. The van der Waals surface area contributed by atoms with Crippen molar-refractivity contribution in [3.63, 3.8) is 0 Å². The van der Waals surface area contributed by atoms with Gasteiger partial charge in [0.2, 0.25) is 16.0 Å². The van der Waals surface area contributed by atoms with E-state index in [4.69, 9.17) is 0 Å². The Kier molecular flexibility index (Phi) is 4.24. The first-order valence-corrected chi connectivity index (χ1v) is 9.68. The van der Waals surface area contributed by atoms with Crippen LogP contribution in [0.4, 0.5) is 5.95 Å². The summed E-state index contributed by atoms with van der Waals surface area (Å²) in [6, 6.07) is 5.96. The largest absolute Gasteiger partial charge is 0.338 e. The third-order valence-electron chi connectivity index (χ3n) is 4.41. The smallest absolute Gasteiger partial charge is 0.314 e. The third kappa shape index (κ3) is 3.22. The summed E-state index contributed by atoms with van der Waals surface area (Å²) in [7, 11) is -3.73. The SMILES string of the molecule is O=c1[nH]c2ccc(S(=O)(=O)N3CCN(c4ncccn4)CC3)cc2[nH]c1=O. The number of benzene rings is 1. The van der Waals surface area contributed by atoms with Gasteiger partial charge in [-0.2, -0.15) is 4.31 Å². The number of anilines is 1. The molecule has 0 radical (unpaired) electrons. The van der Waals surface area contributed by atoms with Crippen molar-refractivity contribution in [3.05, 3.63) is 57.4 Å². The molecule has 10 nitrogen and oxygen atoms in total. The number of H-pyrrole nitrogens is 2. The van der Waals surface area contributed by atoms with Crippen LogP contribution in [-0.2, 0) is 10.0 Å². The van der Waals surface area contributed by atoms with Gasteiger partial charge in [0, 0.05) is 38.6 Å². The molecule has 0 unspecified atom stereocenters. The number of nitrogens with zero attached hydrogens (tertiary/aromatic N) is 4. The summed E-state index contributed by atoms with van der Waals surface area (Å²) in [5.74, 6) is 0.571. The van der Waals surface area contributed by atoms with Crippen LogP contribution in [-0.4, -0.2) is 58.8 Å². The van der Waals surface area contributed by atoms with Gasteiger partial charge in [0.15, 0.2) is 0 Å². The predicted octanol–water partition coefficient (Wildman–Crippen LogP) is -0.483. The van der Waals surface area contributed by atoms with E-state index >= 15 is 0 Å². The Labute approximate surface area is 153 Å². The molecule has 0 atom stereocenters. The van der Waals surface area contributed by atoms with Crippen molar-refractivity contribution >= 4 is 27.0 Å². The highest BCUT2D eigenvalue weighted by Crippen LogP contribution is 2.21. The lowest BCUT2D eigenvalue weighted by Crippen LogP contribution is -2.49. The Morgan fingerprint density at radius 2 is 1.52 bits per heavy atom. The van der Waals surface area contributed by atoms with Crippen molar-refractivity contribution < 1.29 is 8.42 Å². The van der Waals surface area contributed by atoms with Crippen LogP contribution < -0.4 is 16.0 Å². The number of piperazine rings is 1. The maximum Gasteiger partial charge on any atom is 0.314 e. The number of aromatic nitrogens is 4. The molecule has 0 bridgehead atoms. The van der Waals surface area contributed by atoms with Gasteiger partial charge in [-0.15, -0.1) is 0 Å². The quantitative estimate of drug-likeness (QED) is 0.579. The fourth-order valence-electron chi connectivity index (χ4n) is 2.99. The zero-order chi connectivity index (χ0) is 19.0. The van der Waals surface area contributed by atoms with Crippen molar-refractivity contribution in [2.24, 2.45) is 0 Å². The number of hydrogen-bond acceptors (Lipinski definition) is 7. The summed E-state index contributed by atoms with van der Waals surface area (Å²) in [6.45, 7) is 1.53. The maximum absolute atomic E-state index is 12.9. The minimum atomic E-state index is -3.73. The fourth-order valence-corrected chi connectivity index (χ4v) is 4.44. The van der Waals surface area contributed by atoms with Gasteiger partial charge in [-0.05, 0) is 24.3 Å². The molecule has 1 aliphatic rings. The topological polar surface area (TPSA) is 132 Å². The number of nitrogens with one attached hydrogen (secondary N) is 2. The first-order valence-electron chi connectivity index (χ1n) is 8.24. The normalized spacial score (nSPS) is 15.9. The molecule has 11 heteroatoms. The summed E-state index contributed by atoms with van der Waals surface area (Å²) in [5, 5.41) is 0. The minimum Gasteiger partial charge on any atom is -0.338 e. The Balaban J connectivity index is 1.59. The summed E-state index contributed by atoms with van der Waals surface area (Å²) in [6.07, 6.45) is 3.29. The summed E-state index contributed by atoms with van der Waals surface area (Å²) in [4.78, 5) is 38.0. The number of fused-ring (bicyclic) bond motifs is 1.